The zero-order chi connectivity index (χ0) is 18.5. The average Bonchev–Trinajstić information content (AvgIpc) is 3.29. The van der Waals surface area contributed by atoms with Gasteiger partial charge < -0.3 is 19.4 Å². The molecule has 1 aromatic heterocycles. The topological polar surface area (TPSA) is 97.8 Å². The van der Waals surface area contributed by atoms with Crippen LogP contribution in [0, 0.1) is 10.1 Å². The van der Waals surface area contributed by atoms with Crippen molar-refractivity contribution >= 4 is 29.0 Å². The lowest BCUT2D eigenvalue weighted by Gasteiger charge is -2.25. The van der Waals surface area contributed by atoms with Gasteiger partial charge in [-0.05, 0) is 37.1 Å². The Morgan fingerprint density at radius 1 is 1.42 bits per heavy atom. The minimum Gasteiger partial charge on any atom is -0.467 e. The number of benzene rings is 1. The molecule has 9 heteroatoms. The van der Waals surface area contributed by atoms with Gasteiger partial charge in [0.05, 0.1) is 23.8 Å². The van der Waals surface area contributed by atoms with E-state index in [0.717, 1.165) is 12.8 Å². The van der Waals surface area contributed by atoms with Gasteiger partial charge in [0.15, 0.2) is 0 Å². The van der Waals surface area contributed by atoms with Crippen molar-refractivity contribution in [3.63, 3.8) is 0 Å². The SMILES string of the molecule is O=C(Nc1ccc(Cl)c([N+](=O)[O-])c1)N(Cc1ccco1)CC1CCCO1. The second-order valence-electron chi connectivity index (χ2n) is 5.95. The number of nitro benzene ring substituents is 1. The number of nitrogens with zero attached hydrogens (tertiary/aromatic N) is 2. The van der Waals surface area contributed by atoms with Gasteiger partial charge in [0.1, 0.15) is 10.8 Å². The molecule has 1 saturated heterocycles. The van der Waals surface area contributed by atoms with E-state index in [1.54, 1.807) is 23.3 Å². The number of halogens is 1. The number of furan rings is 1. The maximum absolute atomic E-state index is 12.7. The lowest BCUT2D eigenvalue weighted by Crippen LogP contribution is -2.39. The van der Waals surface area contributed by atoms with Crippen LogP contribution >= 0.6 is 11.6 Å². The Balaban J connectivity index is 1.73. The number of nitrogens with one attached hydrogen (secondary N) is 1. The highest BCUT2D eigenvalue weighted by molar-refractivity contribution is 6.32. The van der Waals surface area contributed by atoms with E-state index < -0.39 is 11.0 Å². The Morgan fingerprint density at radius 3 is 2.92 bits per heavy atom. The molecule has 1 atom stereocenters. The van der Waals surface area contributed by atoms with Crippen LogP contribution in [-0.2, 0) is 11.3 Å². The molecule has 1 aliphatic rings. The van der Waals surface area contributed by atoms with E-state index in [2.05, 4.69) is 5.32 Å². The van der Waals surface area contributed by atoms with Gasteiger partial charge in [-0.3, -0.25) is 10.1 Å². The zero-order valence-corrected chi connectivity index (χ0v) is 14.6. The van der Waals surface area contributed by atoms with Gasteiger partial charge in [-0.1, -0.05) is 11.6 Å². The van der Waals surface area contributed by atoms with Crippen LogP contribution in [0.3, 0.4) is 0 Å². The number of hydrogen-bond acceptors (Lipinski definition) is 5. The second-order valence-corrected chi connectivity index (χ2v) is 6.36. The summed E-state index contributed by atoms with van der Waals surface area (Å²) in [7, 11) is 0. The van der Waals surface area contributed by atoms with E-state index in [9.17, 15) is 14.9 Å². The highest BCUT2D eigenvalue weighted by Gasteiger charge is 2.24. The van der Waals surface area contributed by atoms with Gasteiger partial charge in [0.25, 0.3) is 5.69 Å². The van der Waals surface area contributed by atoms with Crippen molar-refractivity contribution in [2.75, 3.05) is 18.5 Å². The highest BCUT2D eigenvalue weighted by Crippen LogP contribution is 2.27. The summed E-state index contributed by atoms with van der Waals surface area (Å²) >= 11 is 5.80. The molecular weight excluding hydrogens is 362 g/mol. The smallest absolute Gasteiger partial charge is 0.322 e. The molecule has 0 bridgehead atoms. The molecule has 8 nitrogen and oxygen atoms in total. The number of nitro groups is 1. The van der Waals surface area contributed by atoms with Crippen molar-refractivity contribution in [1.82, 2.24) is 4.90 Å². The number of amides is 2. The molecule has 1 N–H and O–H groups in total. The van der Waals surface area contributed by atoms with Crippen LogP contribution in [0.2, 0.25) is 5.02 Å². The van der Waals surface area contributed by atoms with Crippen molar-refractivity contribution in [2.45, 2.75) is 25.5 Å². The zero-order valence-electron chi connectivity index (χ0n) is 13.9. The van der Waals surface area contributed by atoms with Crippen molar-refractivity contribution in [3.8, 4) is 0 Å². The summed E-state index contributed by atoms with van der Waals surface area (Å²) in [5.41, 5.74) is 0.0315. The van der Waals surface area contributed by atoms with Crippen LogP contribution in [0.15, 0.2) is 41.0 Å². The minimum absolute atomic E-state index is 0.0137. The standard InChI is InChI=1S/C17H18ClN3O5/c18-15-6-5-12(9-16(15)21(23)24)19-17(22)20(10-13-3-1-7-25-13)11-14-4-2-8-26-14/h1,3,5-7,9,14H,2,4,8,10-11H2,(H,19,22). The van der Waals surface area contributed by atoms with Crippen LogP contribution in [0.1, 0.15) is 18.6 Å². The summed E-state index contributed by atoms with van der Waals surface area (Å²) < 4.78 is 10.9. The van der Waals surface area contributed by atoms with Crippen LogP contribution < -0.4 is 5.32 Å². The molecule has 0 spiro atoms. The number of carbonyl (C=O) groups is 1. The molecule has 1 aromatic carbocycles. The van der Waals surface area contributed by atoms with Crippen molar-refractivity contribution in [1.29, 1.82) is 0 Å². The summed E-state index contributed by atoms with van der Waals surface area (Å²) in [6.07, 6.45) is 3.36. The average molecular weight is 380 g/mol. The number of ether oxygens (including phenoxy) is 1. The Hall–Kier alpha value is -2.58. The van der Waals surface area contributed by atoms with E-state index in [-0.39, 0.29) is 23.4 Å². The van der Waals surface area contributed by atoms with Gasteiger partial charge in [0.2, 0.25) is 0 Å². The molecular formula is C17H18ClN3O5. The predicted molar refractivity (Wildman–Crippen MR) is 95.2 cm³/mol. The Morgan fingerprint density at radius 2 is 2.27 bits per heavy atom. The third kappa shape index (κ3) is 4.53. The van der Waals surface area contributed by atoms with Crippen molar-refractivity contribution in [2.24, 2.45) is 0 Å². The fraction of sp³-hybridized carbons (Fsp3) is 0.353. The monoisotopic (exact) mass is 379 g/mol. The van der Waals surface area contributed by atoms with Gasteiger partial charge >= 0.3 is 6.03 Å². The first-order chi connectivity index (χ1) is 12.5. The van der Waals surface area contributed by atoms with E-state index in [4.69, 9.17) is 20.8 Å². The van der Waals surface area contributed by atoms with E-state index in [1.807, 2.05) is 0 Å². The number of urea groups is 1. The highest BCUT2D eigenvalue weighted by atomic mass is 35.5. The first-order valence-electron chi connectivity index (χ1n) is 8.17. The second kappa shape index (κ2) is 8.20. The normalized spacial score (nSPS) is 16.4. The molecule has 2 heterocycles. The van der Waals surface area contributed by atoms with Gasteiger partial charge in [0, 0.05) is 24.9 Å². The quantitative estimate of drug-likeness (QED) is 0.603. The van der Waals surface area contributed by atoms with E-state index in [0.29, 0.717) is 24.6 Å². The van der Waals surface area contributed by atoms with Crippen LogP contribution in [0.4, 0.5) is 16.2 Å². The summed E-state index contributed by atoms with van der Waals surface area (Å²) in [6.45, 7) is 1.36. The fourth-order valence-electron chi connectivity index (χ4n) is 2.78. The first-order valence-corrected chi connectivity index (χ1v) is 8.54. The van der Waals surface area contributed by atoms with Crippen LogP contribution in [0.25, 0.3) is 0 Å². The summed E-state index contributed by atoms with van der Waals surface area (Å²) in [6, 6.07) is 7.27. The number of anilines is 1. The van der Waals surface area contributed by atoms with Gasteiger partial charge in [-0.2, -0.15) is 0 Å². The van der Waals surface area contributed by atoms with Crippen molar-refractivity contribution in [3.05, 3.63) is 57.5 Å². The summed E-state index contributed by atoms with van der Waals surface area (Å²) in [5.74, 6) is 0.639. The van der Waals surface area contributed by atoms with Gasteiger partial charge in [-0.25, -0.2) is 4.79 Å². The molecule has 2 amide bonds. The fourth-order valence-corrected chi connectivity index (χ4v) is 2.96. The molecule has 0 aliphatic carbocycles. The summed E-state index contributed by atoms with van der Waals surface area (Å²) in [5, 5.41) is 13.7. The number of carbonyl (C=O) groups excluding carboxylic acids is 1. The number of rotatable bonds is 6. The molecule has 26 heavy (non-hydrogen) atoms. The lowest BCUT2D eigenvalue weighted by atomic mass is 10.2. The minimum atomic E-state index is -0.592. The van der Waals surface area contributed by atoms with Gasteiger partial charge in [-0.15, -0.1) is 0 Å². The summed E-state index contributed by atoms with van der Waals surface area (Å²) in [4.78, 5) is 24.7. The van der Waals surface area contributed by atoms with Crippen LogP contribution in [0.5, 0.6) is 0 Å². The predicted octanol–water partition coefficient (Wildman–Crippen LogP) is 4.05. The lowest BCUT2D eigenvalue weighted by molar-refractivity contribution is -0.384. The Kier molecular flexibility index (Phi) is 5.75. The molecule has 0 radical (unpaired) electrons. The third-order valence-electron chi connectivity index (χ3n) is 4.06. The van der Waals surface area contributed by atoms with Crippen LogP contribution in [-0.4, -0.2) is 35.1 Å². The molecule has 3 rings (SSSR count). The molecule has 2 aromatic rings. The van der Waals surface area contributed by atoms with E-state index in [1.165, 1.54) is 18.2 Å². The van der Waals surface area contributed by atoms with Crippen molar-refractivity contribution < 1.29 is 18.9 Å². The third-order valence-corrected chi connectivity index (χ3v) is 4.38. The molecule has 1 fully saturated rings. The van der Waals surface area contributed by atoms with E-state index >= 15 is 0 Å². The molecule has 0 saturated carbocycles. The maximum atomic E-state index is 12.7. The maximum Gasteiger partial charge on any atom is 0.322 e. The molecule has 138 valence electrons. The largest absolute Gasteiger partial charge is 0.467 e. The molecule has 1 aliphatic heterocycles. The number of hydrogen-bond donors (Lipinski definition) is 1. The Labute approximate surface area is 154 Å². The molecule has 1 unspecified atom stereocenters. The first kappa shape index (κ1) is 18.2. The Bertz CT molecular complexity index is 775.